The summed E-state index contributed by atoms with van der Waals surface area (Å²) in [6.07, 6.45) is 0.923. The van der Waals surface area contributed by atoms with Gasteiger partial charge in [-0.15, -0.1) is 0 Å². The van der Waals surface area contributed by atoms with Crippen LogP contribution in [0.4, 0.5) is 20.6 Å². The smallest absolute Gasteiger partial charge is 0.419 e. The van der Waals surface area contributed by atoms with Crippen LogP contribution in [0.15, 0.2) is 36.5 Å². The first kappa shape index (κ1) is 18.8. The molecule has 0 atom stereocenters. The predicted octanol–water partition coefficient (Wildman–Crippen LogP) is 5.20. The number of halogens is 3. The Morgan fingerprint density at radius 2 is 2.08 bits per heavy atom. The Labute approximate surface area is 168 Å². The van der Waals surface area contributed by atoms with Crippen LogP contribution in [-0.2, 0) is 4.74 Å². The molecule has 0 aliphatic carbocycles. The fourth-order valence-electron chi connectivity index (χ4n) is 2.33. The lowest BCUT2D eigenvalue weighted by Gasteiger charge is -2.27. The van der Waals surface area contributed by atoms with Crippen LogP contribution in [-0.4, -0.2) is 26.3 Å². The number of aromatic nitrogens is 3. The van der Waals surface area contributed by atoms with Crippen molar-refractivity contribution in [1.29, 1.82) is 0 Å². The van der Waals surface area contributed by atoms with Gasteiger partial charge < -0.3 is 4.74 Å². The van der Waals surface area contributed by atoms with Crippen molar-refractivity contribution in [1.82, 2.24) is 14.6 Å². The fraction of sp³-hybridized carbons (Fsp3) is 0.235. The number of hydrogen-bond acceptors (Lipinski definition) is 4. The fourth-order valence-corrected chi connectivity index (χ4v) is 2.98. The van der Waals surface area contributed by atoms with E-state index in [0.717, 1.165) is 0 Å². The van der Waals surface area contributed by atoms with E-state index in [0.29, 0.717) is 20.7 Å². The van der Waals surface area contributed by atoms with Crippen molar-refractivity contribution in [3.05, 3.63) is 51.2 Å². The first-order valence-corrected chi connectivity index (χ1v) is 9.10. The minimum atomic E-state index is -0.736. The molecule has 1 amide bonds. The van der Waals surface area contributed by atoms with Crippen LogP contribution in [0.3, 0.4) is 0 Å². The van der Waals surface area contributed by atoms with E-state index >= 15 is 0 Å². The maximum absolute atomic E-state index is 13.8. The maximum atomic E-state index is 13.8. The summed E-state index contributed by atoms with van der Waals surface area (Å²) >= 11 is 8.19. The number of benzene rings is 1. The van der Waals surface area contributed by atoms with E-state index in [-0.39, 0.29) is 5.15 Å². The van der Waals surface area contributed by atoms with Gasteiger partial charge in [-0.3, -0.25) is 0 Å². The quantitative estimate of drug-likeness (QED) is 0.465. The molecule has 0 aliphatic rings. The standard InChI is InChI=1S/C17H15ClFIN4O2/c1-17(2,3)26-16(25)23(11-6-4-5-10(19)7-11)12-8-13(18)22-24-14(20)9-21-15(12)24/h4-9H,1-3H3. The lowest BCUT2D eigenvalue weighted by Crippen LogP contribution is -2.34. The average molecular weight is 489 g/mol. The molecular formula is C17H15ClFIN4O2. The van der Waals surface area contributed by atoms with Gasteiger partial charge in [0, 0.05) is 6.07 Å². The van der Waals surface area contributed by atoms with Crippen molar-refractivity contribution in [2.24, 2.45) is 0 Å². The minimum absolute atomic E-state index is 0.161. The number of rotatable bonds is 2. The van der Waals surface area contributed by atoms with Crippen molar-refractivity contribution in [3.8, 4) is 0 Å². The molecule has 3 rings (SSSR count). The zero-order valence-electron chi connectivity index (χ0n) is 14.2. The van der Waals surface area contributed by atoms with E-state index in [9.17, 15) is 9.18 Å². The van der Waals surface area contributed by atoms with E-state index in [4.69, 9.17) is 16.3 Å². The van der Waals surface area contributed by atoms with Gasteiger partial charge in [0.25, 0.3) is 0 Å². The normalized spacial score (nSPS) is 11.6. The molecule has 136 valence electrons. The summed E-state index contributed by atoms with van der Waals surface area (Å²) in [5.41, 5.74) is 0.294. The molecule has 0 N–H and O–H groups in total. The molecule has 0 unspecified atom stereocenters. The molecular weight excluding hydrogens is 474 g/mol. The molecule has 2 aromatic heterocycles. The molecule has 1 aromatic carbocycles. The maximum Gasteiger partial charge on any atom is 0.419 e. The Kier molecular flexibility index (Phi) is 5.07. The minimum Gasteiger partial charge on any atom is -0.443 e. The van der Waals surface area contributed by atoms with E-state index < -0.39 is 17.5 Å². The number of hydrogen-bond donors (Lipinski definition) is 0. The highest BCUT2D eigenvalue weighted by atomic mass is 127. The Morgan fingerprint density at radius 3 is 2.73 bits per heavy atom. The summed E-state index contributed by atoms with van der Waals surface area (Å²) in [7, 11) is 0. The number of imidazole rings is 1. The molecule has 0 radical (unpaired) electrons. The van der Waals surface area contributed by atoms with Crippen LogP contribution in [0.5, 0.6) is 0 Å². The van der Waals surface area contributed by atoms with Gasteiger partial charge in [0.2, 0.25) is 0 Å². The van der Waals surface area contributed by atoms with E-state index in [1.165, 1.54) is 33.7 Å². The number of amides is 1. The zero-order valence-corrected chi connectivity index (χ0v) is 17.1. The number of ether oxygens (including phenoxy) is 1. The second-order valence-corrected chi connectivity index (χ2v) is 7.96. The molecule has 0 spiro atoms. The Morgan fingerprint density at radius 1 is 1.35 bits per heavy atom. The summed E-state index contributed by atoms with van der Waals surface area (Å²) in [6, 6.07) is 7.14. The highest BCUT2D eigenvalue weighted by Gasteiger charge is 2.28. The van der Waals surface area contributed by atoms with Crippen molar-refractivity contribution < 1.29 is 13.9 Å². The van der Waals surface area contributed by atoms with E-state index in [2.05, 4.69) is 32.7 Å². The first-order chi connectivity index (χ1) is 12.2. The molecule has 9 heteroatoms. The summed E-state index contributed by atoms with van der Waals surface area (Å²) in [6.45, 7) is 5.26. The van der Waals surface area contributed by atoms with Crippen LogP contribution >= 0.6 is 34.2 Å². The SMILES string of the molecule is CC(C)(C)OC(=O)N(c1cccc(F)c1)c1cc(Cl)nn2c(I)cnc12. The van der Waals surface area contributed by atoms with E-state index in [1.807, 2.05) is 0 Å². The summed E-state index contributed by atoms with van der Waals surface area (Å²) < 4.78 is 21.5. The monoisotopic (exact) mass is 488 g/mol. The molecule has 0 aliphatic heterocycles. The summed E-state index contributed by atoms with van der Waals surface area (Å²) in [5, 5.41) is 4.34. The van der Waals surface area contributed by atoms with E-state index in [1.54, 1.807) is 33.0 Å². The molecule has 2 heterocycles. The largest absolute Gasteiger partial charge is 0.443 e. The van der Waals surface area contributed by atoms with Crippen molar-refractivity contribution in [3.63, 3.8) is 0 Å². The van der Waals surface area contributed by atoms with Gasteiger partial charge in [-0.1, -0.05) is 17.7 Å². The molecule has 6 nitrogen and oxygen atoms in total. The lowest BCUT2D eigenvalue weighted by molar-refractivity contribution is 0.0599. The third-order valence-electron chi connectivity index (χ3n) is 3.26. The third kappa shape index (κ3) is 3.90. The molecule has 0 saturated heterocycles. The number of nitrogens with zero attached hydrogens (tertiary/aromatic N) is 4. The lowest BCUT2D eigenvalue weighted by atomic mass is 10.2. The summed E-state index contributed by atoms with van der Waals surface area (Å²) in [5.74, 6) is -0.481. The zero-order chi connectivity index (χ0) is 19.1. The number of fused-ring (bicyclic) bond motifs is 1. The van der Waals surface area contributed by atoms with Crippen LogP contribution in [0.25, 0.3) is 5.65 Å². The van der Waals surface area contributed by atoms with Crippen molar-refractivity contribution in [2.45, 2.75) is 26.4 Å². The van der Waals surface area contributed by atoms with Gasteiger partial charge >= 0.3 is 6.09 Å². The van der Waals surface area contributed by atoms with Gasteiger partial charge in [0.15, 0.2) is 10.8 Å². The van der Waals surface area contributed by atoms with Gasteiger partial charge in [0.05, 0.1) is 11.9 Å². The predicted molar refractivity (Wildman–Crippen MR) is 105 cm³/mol. The van der Waals surface area contributed by atoms with Crippen LogP contribution in [0.2, 0.25) is 5.15 Å². The molecule has 3 aromatic rings. The number of carbonyl (C=O) groups excluding carboxylic acids is 1. The topological polar surface area (TPSA) is 59.7 Å². The van der Waals surface area contributed by atoms with Crippen molar-refractivity contribution in [2.75, 3.05) is 4.90 Å². The van der Waals surface area contributed by atoms with Crippen LogP contribution < -0.4 is 4.90 Å². The Balaban J connectivity index is 2.23. The molecule has 0 saturated carbocycles. The Hall–Kier alpha value is -1.94. The van der Waals surface area contributed by atoms with Gasteiger partial charge in [-0.2, -0.15) is 5.10 Å². The van der Waals surface area contributed by atoms with Crippen molar-refractivity contribution >= 4 is 57.3 Å². The highest BCUT2D eigenvalue weighted by Crippen LogP contribution is 2.33. The number of anilines is 2. The third-order valence-corrected chi connectivity index (χ3v) is 4.18. The Bertz CT molecular complexity index is 987. The first-order valence-electron chi connectivity index (χ1n) is 7.64. The van der Waals surface area contributed by atoms with Gasteiger partial charge in [-0.25, -0.2) is 23.6 Å². The van der Waals surface area contributed by atoms with Crippen LogP contribution in [0, 0.1) is 9.52 Å². The second kappa shape index (κ2) is 6.99. The molecule has 0 fully saturated rings. The van der Waals surface area contributed by atoms with Gasteiger partial charge in [0.1, 0.15) is 20.8 Å². The van der Waals surface area contributed by atoms with Gasteiger partial charge in [-0.05, 0) is 61.6 Å². The highest BCUT2D eigenvalue weighted by molar-refractivity contribution is 14.1. The van der Waals surface area contributed by atoms with Crippen LogP contribution in [0.1, 0.15) is 20.8 Å². The second-order valence-electron chi connectivity index (χ2n) is 6.46. The summed E-state index contributed by atoms with van der Waals surface area (Å²) in [4.78, 5) is 18.4. The molecule has 26 heavy (non-hydrogen) atoms. The number of carbonyl (C=O) groups is 1. The average Bonchev–Trinajstić information content (AvgIpc) is 2.87. The molecule has 0 bridgehead atoms.